The number of nitrogens with one attached hydrogen (secondary N) is 1. The normalized spacial score (nSPS) is 10.3. The van der Waals surface area contributed by atoms with Crippen molar-refractivity contribution in [3.63, 3.8) is 0 Å². The zero-order chi connectivity index (χ0) is 14.0. The number of carbonyl (C=O) groups excluding carboxylic acids is 1. The van der Waals surface area contributed by atoms with E-state index in [4.69, 9.17) is 0 Å². The van der Waals surface area contributed by atoms with Crippen molar-refractivity contribution in [1.29, 1.82) is 0 Å². The van der Waals surface area contributed by atoms with Crippen LogP contribution in [0.4, 0.5) is 10.1 Å². The molecular formula is C13H9Br2FN2O. The van der Waals surface area contributed by atoms with Crippen LogP contribution in [0.5, 0.6) is 0 Å². The minimum absolute atomic E-state index is 0.0272. The van der Waals surface area contributed by atoms with Gasteiger partial charge in [0, 0.05) is 8.95 Å². The van der Waals surface area contributed by atoms with Crippen molar-refractivity contribution in [1.82, 2.24) is 4.98 Å². The third-order valence-electron chi connectivity index (χ3n) is 2.37. The lowest BCUT2D eigenvalue weighted by Gasteiger charge is -2.10. The highest BCUT2D eigenvalue weighted by molar-refractivity contribution is 9.11. The van der Waals surface area contributed by atoms with Crippen LogP contribution >= 0.6 is 31.9 Å². The molecule has 1 heterocycles. The van der Waals surface area contributed by atoms with Crippen LogP contribution in [0.25, 0.3) is 0 Å². The number of rotatable bonds is 2. The first-order chi connectivity index (χ1) is 8.97. The molecule has 0 radical (unpaired) electrons. The van der Waals surface area contributed by atoms with Gasteiger partial charge in [0.1, 0.15) is 5.69 Å². The number of aryl methyl sites for hydroxylation is 1. The number of hydrogen-bond acceptors (Lipinski definition) is 2. The van der Waals surface area contributed by atoms with Crippen molar-refractivity contribution in [3.05, 3.63) is 56.5 Å². The Kier molecular flexibility index (Phi) is 4.31. The van der Waals surface area contributed by atoms with Gasteiger partial charge in [-0.05, 0) is 68.6 Å². The summed E-state index contributed by atoms with van der Waals surface area (Å²) in [6, 6.07) is 7.83. The van der Waals surface area contributed by atoms with Crippen LogP contribution in [0.3, 0.4) is 0 Å². The van der Waals surface area contributed by atoms with Crippen LogP contribution in [0.2, 0.25) is 0 Å². The zero-order valence-corrected chi connectivity index (χ0v) is 13.0. The van der Waals surface area contributed by atoms with E-state index in [0.29, 0.717) is 5.69 Å². The largest absolute Gasteiger partial charge is 0.319 e. The van der Waals surface area contributed by atoms with Gasteiger partial charge in [-0.2, -0.15) is 4.39 Å². The van der Waals surface area contributed by atoms with E-state index in [0.717, 1.165) is 14.5 Å². The van der Waals surface area contributed by atoms with Crippen LogP contribution in [0, 0.1) is 12.9 Å². The number of benzene rings is 1. The van der Waals surface area contributed by atoms with Crippen molar-refractivity contribution in [2.24, 2.45) is 0 Å². The molecule has 0 aliphatic carbocycles. The number of carbonyl (C=O) groups is 1. The Hall–Kier alpha value is -1.27. The number of halogens is 3. The highest BCUT2D eigenvalue weighted by Crippen LogP contribution is 2.32. The molecule has 0 saturated heterocycles. The molecule has 0 aliphatic rings. The van der Waals surface area contributed by atoms with Crippen molar-refractivity contribution in [2.75, 3.05) is 5.32 Å². The zero-order valence-electron chi connectivity index (χ0n) is 9.88. The predicted molar refractivity (Wildman–Crippen MR) is 78.7 cm³/mol. The van der Waals surface area contributed by atoms with Crippen LogP contribution in [-0.2, 0) is 0 Å². The van der Waals surface area contributed by atoms with E-state index in [1.807, 2.05) is 19.1 Å². The summed E-state index contributed by atoms with van der Waals surface area (Å²) in [4.78, 5) is 15.5. The lowest BCUT2D eigenvalue weighted by atomic mass is 10.2. The molecule has 6 heteroatoms. The molecule has 2 rings (SSSR count). The van der Waals surface area contributed by atoms with E-state index in [1.54, 1.807) is 0 Å². The summed E-state index contributed by atoms with van der Waals surface area (Å²) in [5.41, 5.74) is 1.65. The molecule has 1 aromatic heterocycles. The highest BCUT2D eigenvalue weighted by Gasteiger charge is 2.13. The van der Waals surface area contributed by atoms with E-state index in [9.17, 15) is 9.18 Å². The van der Waals surface area contributed by atoms with Gasteiger partial charge >= 0.3 is 0 Å². The fourth-order valence-electron chi connectivity index (χ4n) is 1.53. The monoisotopic (exact) mass is 386 g/mol. The Bertz CT molecular complexity index is 623. The number of nitrogens with zero attached hydrogens (tertiary/aromatic N) is 1. The first kappa shape index (κ1) is 14.1. The molecule has 1 N–H and O–H groups in total. The Morgan fingerprint density at radius 3 is 2.47 bits per heavy atom. The third-order valence-corrected chi connectivity index (χ3v) is 3.62. The maximum absolute atomic E-state index is 13.0. The smallest absolute Gasteiger partial charge is 0.274 e. The fourth-order valence-corrected chi connectivity index (χ4v) is 3.15. The molecule has 0 unspecified atom stereocenters. The number of amides is 1. The van der Waals surface area contributed by atoms with Gasteiger partial charge < -0.3 is 5.32 Å². The predicted octanol–water partition coefficient (Wildman–Crippen LogP) is 4.31. The first-order valence-corrected chi connectivity index (χ1v) is 6.95. The number of anilines is 1. The van der Waals surface area contributed by atoms with Gasteiger partial charge in [-0.25, -0.2) is 4.98 Å². The molecule has 0 aliphatic heterocycles. The average molecular weight is 388 g/mol. The van der Waals surface area contributed by atoms with E-state index < -0.39 is 11.9 Å². The summed E-state index contributed by atoms with van der Waals surface area (Å²) >= 11 is 6.75. The summed E-state index contributed by atoms with van der Waals surface area (Å²) in [7, 11) is 0. The van der Waals surface area contributed by atoms with Gasteiger partial charge in [-0.1, -0.05) is 6.07 Å². The lowest BCUT2D eigenvalue weighted by molar-refractivity contribution is 0.102. The summed E-state index contributed by atoms with van der Waals surface area (Å²) in [6.45, 7) is 1.94. The Morgan fingerprint density at radius 2 is 1.89 bits per heavy atom. The summed E-state index contributed by atoms with van der Waals surface area (Å²) < 4.78 is 14.4. The molecule has 19 heavy (non-hydrogen) atoms. The van der Waals surface area contributed by atoms with Crippen molar-refractivity contribution < 1.29 is 9.18 Å². The summed E-state index contributed by atoms with van der Waals surface area (Å²) in [5.74, 6) is -1.15. The maximum Gasteiger partial charge on any atom is 0.274 e. The second kappa shape index (κ2) is 5.79. The molecular weight excluding hydrogens is 379 g/mol. The Balaban J connectivity index is 2.29. The molecule has 0 bridgehead atoms. The quantitative estimate of drug-likeness (QED) is 0.780. The molecule has 0 atom stereocenters. The molecule has 1 aromatic carbocycles. The van der Waals surface area contributed by atoms with E-state index in [-0.39, 0.29) is 5.69 Å². The fraction of sp³-hybridized carbons (Fsp3) is 0.0769. The molecule has 0 fully saturated rings. The van der Waals surface area contributed by atoms with Crippen molar-refractivity contribution in [3.8, 4) is 0 Å². The molecule has 0 spiro atoms. The SMILES string of the molecule is Cc1cc(Br)c(NC(=O)c2cccc(F)n2)c(Br)c1. The lowest BCUT2D eigenvalue weighted by Crippen LogP contribution is -2.15. The van der Waals surface area contributed by atoms with Gasteiger partial charge in [0.25, 0.3) is 5.91 Å². The molecule has 1 amide bonds. The van der Waals surface area contributed by atoms with E-state index >= 15 is 0 Å². The van der Waals surface area contributed by atoms with Gasteiger partial charge in [-0.3, -0.25) is 4.79 Å². The van der Waals surface area contributed by atoms with Crippen LogP contribution in [0.15, 0.2) is 39.3 Å². The number of hydrogen-bond donors (Lipinski definition) is 1. The van der Waals surface area contributed by atoms with Gasteiger partial charge in [0.15, 0.2) is 0 Å². The van der Waals surface area contributed by atoms with Gasteiger partial charge in [-0.15, -0.1) is 0 Å². The second-order valence-electron chi connectivity index (χ2n) is 3.90. The van der Waals surface area contributed by atoms with Gasteiger partial charge in [0.05, 0.1) is 5.69 Å². The first-order valence-electron chi connectivity index (χ1n) is 5.37. The van der Waals surface area contributed by atoms with Gasteiger partial charge in [0.2, 0.25) is 5.95 Å². The summed E-state index contributed by atoms with van der Waals surface area (Å²) in [5, 5.41) is 2.69. The molecule has 98 valence electrons. The minimum atomic E-state index is -0.685. The van der Waals surface area contributed by atoms with Crippen LogP contribution in [-0.4, -0.2) is 10.9 Å². The Morgan fingerprint density at radius 1 is 1.26 bits per heavy atom. The second-order valence-corrected chi connectivity index (χ2v) is 5.61. The topological polar surface area (TPSA) is 42.0 Å². The highest BCUT2D eigenvalue weighted by atomic mass is 79.9. The third kappa shape index (κ3) is 3.39. The molecule has 0 saturated carbocycles. The van der Waals surface area contributed by atoms with E-state index in [1.165, 1.54) is 18.2 Å². The maximum atomic E-state index is 13.0. The minimum Gasteiger partial charge on any atom is -0.319 e. The van der Waals surface area contributed by atoms with Crippen molar-refractivity contribution in [2.45, 2.75) is 6.92 Å². The van der Waals surface area contributed by atoms with Crippen LogP contribution < -0.4 is 5.32 Å². The average Bonchev–Trinajstić information content (AvgIpc) is 2.33. The standard InChI is InChI=1S/C13H9Br2FN2O/c1-7-5-8(14)12(9(15)6-7)18-13(19)10-3-2-4-11(16)17-10/h2-6H,1H3,(H,18,19). The molecule has 2 aromatic rings. The summed E-state index contributed by atoms with van der Waals surface area (Å²) in [6.07, 6.45) is 0. The Labute approximate surface area is 126 Å². The van der Waals surface area contributed by atoms with Crippen LogP contribution in [0.1, 0.15) is 16.1 Å². The van der Waals surface area contributed by atoms with Crippen molar-refractivity contribution >= 4 is 43.5 Å². The van der Waals surface area contributed by atoms with E-state index in [2.05, 4.69) is 42.2 Å². The number of aromatic nitrogens is 1. The number of pyridine rings is 1. The molecule has 3 nitrogen and oxygen atoms in total.